The maximum atomic E-state index is 11.9. The van der Waals surface area contributed by atoms with Crippen LogP contribution in [0.25, 0.3) is 0 Å². The summed E-state index contributed by atoms with van der Waals surface area (Å²) in [5, 5.41) is 2.78. The van der Waals surface area contributed by atoms with E-state index in [0.717, 1.165) is 32.1 Å². The summed E-state index contributed by atoms with van der Waals surface area (Å²) in [6.45, 7) is -0.0628. The van der Waals surface area contributed by atoms with Gasteiger partial charge in [0.05, 0.1) is 6.54 Å². The Hall–Kier alpha value is -2.12. The van der Waals surface area contributed by atoms with Gasteiger partial charge in [-0.3, -0.25) is 19.2 Å². The van der Waals surface area contributed by atoms with Gasteiger partial charge in [-0.1, -0.05) is 6.42 Å². The molecule has 0 aromatic heterocycles. The minimum atomic E-state index is -0.602. The van der Waals surface area contributed by atoms with Crippen LogP contribution in [0.5, 0.6) is 0 Å². The number of carbonyl (C=O) groups excluding carboxylic acids is 4. The van der Waals surface area contributed by atoms with Crippen molar-refractivity contribution < 1.29 is 23.9 Å². The van der Waals surface area contributed by atoms with Crippen molar-refractivity contribution in [2.45, 2.75) is 44.6 Å². The molecule has 2 rings (SSSR count). The van der Waals surface area contributed by atoms with E-state index in [4.69, 9.17) is 4.74 Å². The van der Waals surface area contributed by atoms with Crippen LogP contribution in [0.1, 0.15) is 38.5 Å². The standard InChI is InChI=1S/C16H25N3O5/c1-18(9-13(20)17-12-6-7-12)15(22)11-24-16(23)10-19-8-4-2-3-5-14(19)21/h12H,2-11H2,1H3,(H,17,20). The van der Waals surface area contributed by atoms with Crippen molar-refractivity contribution in [1.82, 2.24) is 15.1 Å². The van der Waals surface area contributed by atoms with Crippen molar-refractivity contribution >= 4 is 23.7 Å². The number of carbonyl (C=O) groups is 4. The second-order valence-electron chi connectivity index (χ2n) is 6.38. The molecular formula is C16H25N3O5. The number of nitrogens with one attached hydrogen (secondary N) is 1. The molecule has 1 heterocycles. The van der Waals surface area contributed by atoms with Gasteiger partial charge >= 0.3 is 5.97 Å². The summed E-state index contributed by atoms with van der Waals surface area (Å²) in [5.41, 5.74) is 0. The van der Waals surface area contributed by atoms with Gasteiger partial charge < -0.3 is 19.9 Å². The molecule has 2 fully saturated rings. The highest BCUT2D eigenvalue weighted by Crippen LogP contribution is 2.18. The quantitative estimate of drug-likeness (QED) is 0.641. The molecule has 8 heteroatoms. The van der Waals surface area contributed by atoms with E-state index in [1.54, 1.807) is 0 Å². The zero-order valence-electron chi connectivity index (χ0n) is 14.1. The average molecular weight is 339 g/mol. The van der Waals surface area contributed by atoms with E-state index in [-0.39, 0.29) is 30.9 Å². The number of rotatable bonds is 7. The summed E-state index contributed by atoms with van der Waals surface area (Å²) in [7, 11) is 1.49. The fourth-order valence-electron chi connectivity index (χ4n) is 2.46. The van der Waals surface area contributed by atoms with E-state index < -0.39 is 18.5 Å². The maximum absolute atomic E-state index is 11.9. The van der Waals surface area contributed by atoms with Crippen LogP contribution in [0.3, 0.4) is 0 Å². The molecule has 3 amide bonds. The highest BCUT2D eigenvalue weighted by atomic mass is 16.5. The van der Waals surface area contributed by atoms with Gasteiger partial charge in [0.15, 0.2) is 6.61 Å². The molecule has 0 unspecified atom stereocenters. The van der Waals surface area contributed by atoms with Crippen molar-refractivity contribution in [2.24, 2.45) is 0 Å². The minimum Gasteiger partial charge on any atom is -0.454 e. The van der Waals surface area contributed by atoms with Crippen molar-refractivity contribution in [3.63, 3.8) is 0 Å². The predicted molar refractivity (Wildman–Crippen MR) is 84.8 cm³/mol. The fourth-order valence-corrected chi connectivity index (χ4v) is 2.46. The number of hydrogen-bond donors (Lipinski definition) is 1. The van der Waals surface area contributed by atoms with Crippen LogP contribution >= 0.6 is 0 Å². The number of hydrogen-bond acceptors (Lipinski definition) is 5. The molecule has 0 bridgehead atoms. The van der Waals surface area contributed by atoms with Gasteiger partial charge in [-0.2, -0.15) is 0 Å². The number of likely N-dealkylation sites (N-methyl/N-ethyl adjacent to an activating group) is 1. The Balaban J connectivity index is 1.66. The van der Waals surface area contributed by atoms with Gasteiger partial charge in [-0.05, 0) is 25.7 Å². The summed E-state index contributed by atoms with van der Waals surface area (Å²) in [6.07, 6.45) is 5.11. The number of amides is 3. The SMILES string of the molecule is CN(CC(=O)NC1CC1)C(=O)COC(=O)CN1CCCCCC1=O. The smallest absolute Gasteiger partial charge is 0.326 e. The monoisotopic (exact) mass is 339 g/mol. The van der Waals surface area contributed by atoms with E-state index >= 15 is 0 Å². The van der Waals surface area contributed by atoms with Crippen LogP contribution in [0.2, 0.25) is 0 Å². The average Bonchev–Trinajstić information content (AvgIpc) is 3.35. The zero-order valence-corrected chi connectivity index (χ0v) is 14.1. The molecule has 1 aliphatic heterocycles. The Kier molecular flexibility index (Phi) is 6.57. The first-order valence-corrected chi connectivity index (χ1v) is 8.42. The van der Waals surface area contributed by atoms with Crippen molar-refractivity contribution in [3.05, 3.63) is 0 Å². The van der Waals surface area contributed by atoms with Crippen LogP contribution < -0.4 is 5.32 Å². The van der Waals surface area contributed by atoms with Crippen LogP contribution in [0, 0.1) is 0 Å². The lowest BCUT2D eigenvalue weighted by atomic mass is 10.2. The van der Waals surface area contributed by atoms with E-state index in [9.17, 15) is 19.2 Å². The molecule has 0 aromatic carbocycles. The van der Waals surface area contributed by atoms with E-state index in [1.165, 1.54) is 16.8 Å². The van der Waals surface area contributed by atoms with Gasteiger partial charge in [0.2, 0.25) is 11.8 Å². The first kappa shape index (κ1) is 18.2. The Labute approximate surface area is 141 Å². The fraction of sp³-hybridized carbons (Fsp3) is 0.750. The summed E-state index contributed by atoms with van der Waals surface area (Å²) < 4.78 is 4.94. The van der Waals surface area contributed by atoms with Crippen molar-refractivity contribution in [3.8, 4) is 0 Å². The molecule has 2 aliphatic rings. The predicted octanol–water partition coefficient (Wildman–Crippen LogP) is -0.331. The third-order valence-corrected chi connectivity index (χ3v) is 4.10. The first-order chi connectivity index (χ1) is 11.5. The number of esters is 1. The lowest BCUT2D eigenvalue weighted by molar-refractivity contribution is -0.154. The third-order valence-electron chi connectivity index (χ3n) is 4.10. The van der Waals surface area contributed by atoms with Gasteiger partial charge in [-0.25, -0.2) is 0 Å². The van der Waals surface area contributed by atoms with Gasteiger partial charge in [0.1, 0.15) is 6.54 Å². The number of ether oxygens (including phenoxy) is 1. The summed E-state index contributed by atoms with van der Waals surface area (Å²) >= 11 is 0. The summed E-state index contributed by atoms with van der Waals surface area (Å²) in [5.74, 6) is -1.31. The van der Waals surface area contributed by atoms with Crippen LogP contribution in [-0.2, 0) is 23.9 Å². The Morgan fingerprint density at radius 3 is 2.71 bits per heavy atom. The van der Waals surface area contributed by atoms with E-state index in [1.807, 2.05) is 0 Å². The Morgan fingerprint density at radius 1 is 1.25 bits per heavy atom. The molecular weight excluding hydrogens is 314 g/mol. The van der Waals surface area contributed by atoms with Crippen molar-refractivity contribution in [2.75, 3.05) is 33.3 Å². The number of likely N-dealkylation sites (tertiary alicyclic amines) is 1. The molecule has 1 saturated carbocycles. The van der Waals surface area contributed by atoms with Gasteiger partial charge in [0.25, 0.3) is 5.91 Å². The lowest BCUT2D eigenvalue weighted by Crippen LogP contribution is -2.41. The molecule has 1 N–H and O–H groups in total. The van der Waals surface area contributed by atoms with Crippen LogP contribution in [-0.4, -0.2) is 72.8 Å². The molecule has 0 radical (unpaired) electrons. The number of nitrogens with zero attached hydrogens (tertiary/aromatic N) is 2. The second-order valence-corrected chi connectivity index (χ2v) is 6.38. The van der Waals surface area contributed by atoms with Gasteiger partial charge in [-0.15, -0.1) is 0 Å². The molecule has 0 aromatic rings. The molecule has 134 valence electrons. The summed E-state index contributed by atoms with van der Waals surface area (Å²) in [4.78, 5) is 49.8. The third kappa shape index (κ3) is 6.17. The Bertz CT molecular complexity index is 504. The molecule has 1 saturated heterocycles. The first-order valence-electron chi connectivity index (χ1n) is 8.42. The van der Waals surface area contributed by atoms with Gasteiger partial charge in [0, 0.05) is 26.1 Å². The molecule has 8 nitrogen and oxygen atoms in total. The molecule has 0 spiro atoms. The zero-order chi connectivity index (χ0) is 17.5. The lowest BCUT2D eigenvalue weighted by Gasteiger charge is -2.20. The molecule has 0 atom stereocenters. The molecule has 1 aliphatic carbocycles. The normalized spacial score (nSPS) is 17.9. The summed E-state index contributed by atoms with van der Waals surface area (Å²) in [6, 6.07) is 0.241. The van der Waals surface area contributed by atoms with Crippen molar-refractivity contribution in [1.29, 1.82) is 0 Å². The minimum absolute atomic E-state index is 0.0513. The Morgan fingerprint density at radius 2 is 2.00 bits per heavy atom. The highest BCUT2D eigenvalue weighted by Gasteiger charge is 2.25. The van der Waals surface area contributed by atoms with Crippen LogP contribution in [0.4, 0.5) is 0 Å². The van der Waals surface area contributed by atoms with Crippen LogP contribution in [0.15, 0.2) is 0 Å². The second kappa shape index (κ2) is 8.65. The highest BCUT2D eigenvalue weighted by molar-refractivity contribution is 5.87. The molecule has 24 heavy (non-hydrogen) atoms. The van der Waals surface area contributed by atoms with E-state index in [0.29, 0.717) is 13.0 Å². The maximum Gasteiger partial charge on any atom is 0.326 e. The van der Waals surface area contributed by atoms with E-state index in [2.05, 4.69) is 5.32 Å². The largest absolute Gasteiger partial charge is 0.454 e. The topological polar surface area (TPSA) is 96.0 Å².